The largest absolute Gasteiger partial charge is 0.379 e. The standard InChI is InChI=1S/C14H18N2O2/c15-14(17)7-6-13(12-4-2-1-3-5-12)16-8-10-18-11-9-16/h1-7,13H,8-11H2,(H2,15,17). The van der Waals surface area contributed by atoms with Crippen LogP contribution in [0.5, 0.6) is 0 Å². The molecule has 18 heavy (non-hydrogen) atoms. The van der Waals surface area contributed by atoms with E-state index in [1.807, 2.05) is 24.3 Å². The van der Waals surface area contributed by atoms with E-state index in [0.717, 1.165) is 31.9 Å². The minimum atomic E-state index is -0.413. The van der Waals surface area contributed by atoms with E-state index in [-0.39, 0.29) is 6.04 Å². The van der Waals surface area contributed by atoms with Crippen molar-refractivity contribution in [2.24, 2.45) is 5.73 Å². The molecule has 1 aliphatic rings. The molecule has 1 aromatic carbocycles. The Bertz CT molecular complexity index is 411. The van der Waals surface area contributed by atoms with Crippen LogP contribution in [0.3, 0.4) is 0 Å². The molecule has 0 spiro atoms. The molecule has 1 heterocycles. The van der Waals surface area contributed by atoms with Crippen LogP contribution in [0.15, 0.2) is 42.5 Å². The van der Waals surface area contributed by atoms with Crippen molar-refractivity contribution in [3.63, 3.8) is 0 Å². The highest BCUT2D eigenvalue weighted by molar-refractivity contribution is 5.85. The SMILES string of the molecule is NC(=O)C=CC(c1ccccc1)N1CCOCC1. The first-order valence-electron chi connectivity index (χ1n) is 6.12. The molecule has 0 radical (unpaired) electrons. The number of primary amides is 1. The van der Waals surface area contributed by atoms with E-state index in [2.05, 4.69) is 17.0 Å². The molecule has 0 aliphatic carbocycles. The highest BCUT2D eigenvalue weighted by Crippen LogP contribution is 2.22. The van der Waals surface area contributed by atoms with Gasteiger partial charge in [-0.1, -0.05) is 36.4 Å². The highest BCUT2D eigenvalue weighted by atomic mass is 16.5. The number of carbonyl (C=O) groups is 1. The van der Waals surface area contributed by atoms with E-state index in [9.17, 15) is 4.79 Å². The van der Waals surface area contributed by atoms with Gasteiger partial charge in [0.1, 0.15) is 0 Å². The summed E-state index contributed by atoms with van der Waals surface area (Å²) >= 11 is 0. The number of rotatable bonds is 4. The van der Waals surface area contributed by atoms with Gasteiger partial charge < -0.3 is 10.5 Å². The Morgan fingerprint density at radius 2 is 1.94 bits per heavy atom. The molecule has 1 amide bonds. The lowest BCUT2D eigenvalue weighted by Crippen LogP contribution is -2.38. The van der Waals surface area contributed by atoms with Gasteiger partial charge in [0.05, 0.1) is 19.3 Å². The molecule has 1 unspecified atom stereocenters. The Morgan fingerprint density at radius 3 is 2.56 bits per heavy atom. The van der Waals surface area contributed by atoms with Gasteiger partial charge in [0.15, 0.2) is 0 Å². The lowest BCUT2D eigenvalue weighted by atomic mass is 10.0. The second-order valence-electron chi connectivity index (χ2n) is 4.27. The van der Waals surface area contributed by atoms with E-state index >= 15 is 0 Å². The normalized spacial score (nSPS) is 18.9. The highest BCUT2D eigenvalue weighted by Gasteiger charge is 2.20. The van der Waals surface area contributed by atoms with Gasteiger partial charge in [0.2, 0.25) is 5.91 Å². The number of benzene rings is 1. The fraction of sp³-hybridized carbons (Fsp3) is 0.357. The molecular weight excluding hydrogens is 228 g/mol. The van der Waals surface area contributed by atoms with Gasteiger partial charge in [-0.2, -0.15) is 0 Å². The van der Waals surface area contributed by atoms with E-state index in [4.69, 9.17) is 10.5 Å². The van der Waals surface area contributed by atoms with Gasteiger partial charge in [-0.25, -0.2) is 0 Å². The van der Waals surface area contributed by atoms with Crippen molar-refractivity contribution in [1.82, 2.24) is 4.90 Å². The molecular formula is C14H18N2O2. The first-order chi connectivity index (χ1) is 8.77. The zero-order valence-corrected chi connectivity index (χ0v) is 10.3. The predicted molar refractivity (Wildman–Crippen MR) is 69.9 cm³/mol. The van der Waals surface area contributed by atoms with Crippen molar-refractivity contribution in [3.8, 4) is 0 Å². The van der Waals surface area contributed by atoms with Gasteiger partial charge in [-0.05, 0) is 5.56 Å². The first-order valence-corrected chi connectivity index (χ1v) is 6.12. The molecule has 1 saturated heterocycles. The van der Waals surface area contributed by atoms with Crippen molar-refractivity contribution < 1.29 is 9.53 Å². The zero-order valence-electron chi connectivity index (χ0n) is 10.3. The molecule has 1 aromatic rings. The number of ether oxygens (including phenoxy) is 1. The summed E-state index contributed by atoms with van der Waals surface area (Å²) in [5.41, 5.74) is 6.34. The van der Waals surface area contributed by atoms with Crippen LogP contribution in [0.25, 0.3) is 0 Å². The van der Waals surface area contributed by atoms with Gasteiger partial charge in [-0.3, -0.25) is 9.69 Å². The summed E-state index contributed by atoms with van der Waals surface area (Å²) < 4.78 is 5.35. The van der Waals surface area contributed by atoms with Crippen LogP contribution in [-0.4, -0.2) is 37.1 Å². The van der Waals surface area contributed by atoms with Gasteiger partial charge in [0, 0.05) is 19.2 Å². The number of hydrogen-bond acceptors (Lipinski definition) is 3. The van der Waals surface area contributed by atoms with Gasteiger partial charge in [-0.15, -0.1) is 0 Å². The average molecular weight is 246 g/mol. The van der Waals surface area contributed by atoms with E-state index in [1.54, 1.807) is 0 Å². The Morgan fingerprint density at radius 1 is 1.28 bits per heavy atom. The Hall–Kier alpha value is -1.65. The van der Waals surface area contributed by atoms with Crippen molar-refractivity contribution in [1.29, 1.82) is 0 Å². The maximum atomic E-state index is 10.9. The third kappa shape index (κ3) is 3.42. The Kier molecular flexibility index (Phi) is 4.50. The van der Waals surface area contributed by atoms with Gasteiger partial charge >= 0.3 is 0 Å². The summed E-state index contributed by atoms with van der Waals surface area (Å²) in [6, 6.07) is 10.2. The number of nitrogens with two attached hydrogens (primary N) is 1. The summed E-state index contributed by atoms with van der Waals surface area (Å²) in [6.45, 7) is 3.19. The summed E-state index contributed by atoms with van der Waals surface area (Å²) in [7, 11) is 0. The van der Waals surface area contributed by atoms with Crippen LogP contribution < -0.4 is 5.73 Å². The van der Waals surface area contributed by atoms with Gasteiger partial charge in [0.25, 0.3) is 0 Å². The predicted octanol–water partition coefficient (Wildman–Crippen LogP) is 1.10. The molecule has 0 aromatic heterocycles. The van der Waals surface area contributed by atoms with E-state index in [1.165, 1.54) is 6.08 Å². The second-order valence-corrected chi connectivity index (χ2v) is 4.27. The number of carbonyl (C=O) groups excluding carboxylic acids is 1. The minimum Gasteiger partial charge on any atom is -0.379 e. The van der Waals surface area contributed by atoms with Crippen LogP contribution in [0.1, 0.15) is 11.6 Å². The summed E-state index contributed by atoms with van der Waals surface area (Å²) in [5.74, 6) is -0.413. The number of morpholine rings is 1. The quantitative estimate of drug-likeness (QED) is 0.809. The smallest absolute Gasteiger partial charge is 0.241 e. The fourth-order valence-corrected chi connectivity index (χ4v) is 2.14. The lowest BCUT2D eigenvalue weighted by Gasteiger charge is -2.33. The topological polar surface area (TPSA) is 55.6 Å². The third-order valence-corrected chi connectivity index (χ3v) is 3.02. The van der Waals surface area contributed by atoms with E-state index < -0.39 is 5.91 Å². The summed E-state index contributed by atoms with van der Waals surface area (Å²) in [4.78, 5) is 13.2. The van der Waals surface area contributed by atoms with Crippen molar-refractivity contribution in [2.45, 2.75) is 6.04 Å². The number of amides is 1. The molecule has 2 N–H and O–H groups in total. The maximum Gasteiger partial charge on any atom is 0.241 e. The lowest BCUT2D eigenvalue weighted by molar-refractivity contribution is -0.113. The molecule has 0 bridgehead atoms. The van der Waals surface area contributed by atoms with Crippen LogP contribution in [0, 0.1) is 0 Å². The van der Waals surface area contributed by atoms with Crippen molar-refractivity contribution in [3.05, 3.63) is 48.0 Å². The molecule has 0 saturated carbocycles. The summed E-state index contributed by atoms with van der Waals surface area (Å²) in [5, 5.41) is 0. The van der Waals surface area contributed by atoms with Crippen LogP contribution >= 0.6 is 0 Å². The molecule has 1 aliphatic heterocycles. The zero-order chi connectivity index (χ0) is 12.8. The fourth-order valence-electron chi connectivity index (χ4n) is 2.14. The van der Waals surface area contributed by atoms with E-state index in [0.29, 0.717) is 0 Å². The molecule has 1 atom stereocenters. The molecule has 4 heteroatoms. The molecule has 96 valence electrons. The first kappa shape index (κ1) is 12.8. The number of nitrogens with zero attached hydrogens (tertiary/aromatic N) is 1. The third-order valence-electron chi connectivity index (χ3n) is 3.02. The summed E-state index contributed by atoms with van der Waals surface area (Å²) in [6.07, 6.45) is 3.30. The minimum absolute atomic E-state index is 0.0857. The average Bonchev–Trinajstić information content (AvgIpc) is 2.41. The van der Waals surface area contributed by atoms with Crippen LogP contribution in [0.2, 0.25) is 0 Å². The second kappa shape index (κ2) is 6.33. The number of hydrogen-bond donors (Lipinski definition) is 1. The Balaban J connectivity index is 2.19. The monoisotopic (exact) mass is 246 g/mol. The molecule has 4 nitrogen and oxygen atoms in total. The Labute approximate surface area is 107 Å². The molecule has 2 rings (SSSR count). The molecule has 1 fully saturated rings. The van der Waals surface area contributed by atoms with Crippen LogP contribution in [-0.2, 0) is 9.53 Å². The van der Waals surface area contributed by atoms with Crippen LogP contribution in [0.4, 0.5) is 0 Å². The van der Waals surface area contributed by atoms with Crippen molar-refractivity contribution in [2.75, 3.05) is 26.3 Å². The maximum absolute atomic E-state index is 10.9. The van der Waals surface area contributed by atoms with Crippen molar-refractivity contribution >= 4 is 5.91 Å².